The predicted molar refractivity (Wildman–Crippen MR) is 106 cm³/mol. The molecule has 0 fully saturated rings. The van der Waals surface area contributed by atoms with Gasteiger partial charge in [0.1, 0.15) is 5.75 Å². The number of ether oxygens (including phenoxy) is 2. The molecule has 6 heteroatoms. The van der Waals surface area contributed by atoms with E-state index in [4.69, 9.17) is 21.1 Å². The first-order chi connectivity index (χ1) is 13.0. The van der Waals surface area contributed by atoms with Gasteiger partial charge in [-0.05, 0) is 29.7 Å². The van der Waals surface area contributed by atoms with Gasteiger partial charge in [-0.2, -0.15) is 0 Å². The van der Waals surface area contributed by atoms with Crippen LogP contribution < -0.4 is 10.1 Å². The largest absolute Gasteiger partial charge is 0.495 e. The van der Waals surface area contributed by atoms with Crippen molar-refractivity contribution in [3.8, 4) is 5.75 Å². The van der Waals surface area contributed by atoms with Crippen molar-refractivity contribution in [1.29, 1.82) is 0 Å². The monoisotopic (exact) mass is 389 g/mol. The van der Waals surface area contributed by atoms with Crippen LogP contribution in [0.2, 0.25) is 5.02 Å². The van der Waals surface area contributed by atoms with Gasteiger partial charge >= 0.3 is 5.97 Å². The van der Waals surface area contributed by atoms with Gasteiger partial charge in [0.2, 0.25) is 0 Å². The molecule has 1 amide bonds. The van der Waals surface area contributed by atoms with Crippen molar-refractivity contribution in [2.24, 2.45) is 5.92 Å². The quantitative estimate of drug-likeness (QED) is 0.667. The van der Waals surface area contributed by atoms with Crippen LogP contribution in [0.1, 0.15) is 31.7 Å². The predicted octanol–water partition coefficient (Wildman–Crippen LogP) is 4.66. The van der Waals surface area contributed by atoms with Crippen molar-refractivity contribution < 1.29 is 19.1 Å². The fraction of sp³-hybridized carbons (Fsp3) is 0.333. The van der Waals surface area contributed by atoms with Gasteiger partial charge < -0.3 is 14.8 Å². The maximum absolute atomic E-state index is 12.6. The smallest absolute Gasteiger partial charge is 0.314 e. The average Bonchev–Trinajstić information content (AvgIpc) is 2.67. The number of nitrogens with one attached hydrogen (secondary N) is 1. The first-order valence-corrected chi connectivity index (χ1v) is 9.19. The Morgan fingerprint density at radius 2 is 1.85 bits per heavy atom. The number of rotatable bonds is 8. The Balaban J connectivity index is 2.02. The summed E-state index contributed by atoms with van der Waals surface area (Å²) in [6, 6.07) is 14.3. The second kappa shape index (κ2) is 9.97. The molecule has 0 spiro atoms. The van der Waals surface area contributed by atoms with Crippen LogP contribution in [0.3, 0.4) is 0 Å². The molecular formula is C21H24ClNO4. The lowest BCUT2D eigenvalue weighted by molar-refractivity contribution is -0.150. The molecule has 0 aromatic heterocycles. The van der Waals surface area contributed by atoms with Gasteiger partial charge in [-0.15, -0.1) is 0 Å². The highest BCUT2D eigenvalue weighted by Gasteiger charge is 2.27. The zero-order valence-corrected chi connectivity index (χ0v) is 16.5. The number of anilines is 1. The molecule has 5 nitrogen and oxygen atoms in total. The summed E-state index contributed by atoms with van der Waals surface area (Å²) in [6.07, 6.45) is 0.820. The number of carbonyl (C=O) groups is 2. The molecule has 144 valence electrons. The minimum atomic E-state index is -0.458. The number of esters is 1. The highest BCUT2D eigenvalue weighted by molar-refractivity contribution is 6.31. The van der Waals surface area contributed by atoms with Crippen molar-refractivity contribution in [3.63, 3.8) is 0 Å². The normalized spacial score (nSPS) is 12.7. The van der Waals surface area contributed by atoms with E-state index in [0.29, 0.717) is 16.5 Å². The van der Waals surface area contributed by atoms with E-state index in [1.807, 2.05) is 44.2 Å². The lowest BCUT2D eigenvalue weighted by Gasteiger charge is -2.21. The molecule has 0 saturated heterocycles. The van der Waals surface area contributed by atoms with Crippen molar-refractivity contribution in [1.82, 2.24) is 0 Å². The molecule has 1 N–H and O–H groups in total. The summed E-state index contributed by atoms with van der Waals surface area (Å²) in [4.78, 5) is 24.8. The molecule has 0 radical (unpaired) electrons. The average molecular weight is 390 g/mol. The minimum Gasteiger partial charge on any atom is -0.495 e. The molecule has 2 rings (SSSR count). The standard InChI is InChI=1S/C21H24ClNO4/c1-4-14(2)20(15-8-6-5-7-9-15)21(25)27-13-19(24)23-17-12-16(22)10-11-18(17)26-3/h5-12,14,20H,4,13H2,1-3H3,(H,23,24)/t14-,20-/m1/s1. The first kappa shape index (κ1) is 20.8. The summed E-state index contributed by atoms with van der Waals surface area (Å²) in [6.45, 7) is 3.64. The molecule has 2 aromatic carbocycles. The Morgan fingerprint density at radius 1 is 1.15 bits per heavy atom. The summed E-state index contributed by atoms with van der Waals surface area (Å²) in [5, 5.41) is 3.12. The van der Waals surface area contributed by atoms with Crippen LogP contribution >= 0.6 is 11.6 Å². The number of amides is 1. The van der Waals surface area contributed by atoms with Crippen LogP contribution in [-0.4, -0.2) is 25.6 Å². The summed E-state index contributed by atoms with van der Waals surface area (Å²) in [5.41, 5.74) is 1.31. The lowest BCUT2D eigenvalue weighted by Crippen LogP contribution is -2.27. The van der Waals surface area contributed by atoms with Crippen LogP contribution in [0.15, 0.2) is 48.5 Å². The second-order valence-corrected chi connectivity index (χ2v) is 6.71. The molecule has 0 aliphatic heterocycles. The van der Waals surface area contributed by atoms with Crippen molar-refractivity contribution in [3.05, 3.63) is 59.1 Å². The van der Waals surface area contributed by atoms with Gasteiger partial charge in [-0.3, -0.25) is 9.59 Å². The Hall–Kier alpha value is -2.53. The van der Waals surface area contributed by atoms with Gasteiger partial charge in [0.25, 0.3) is 5.91 Å². The van der Waals surface area contributed by atoms with Gasteiger partial charge in [-0.1, -0.05) is 62.2 Å². The summed E-state index contributed by atoms with van der Waals surface area (Å²) >= 11 is 5.95. The highest BCUT2D eigenvalue weighted by Crippen LogP contribution is 2.29. The Labute approximate surface area is 164 Å². The number of hydrogen-bond donors (Lipinski definition) is 1. The van der Waals surface area contributed by atoms with E-state index in [1.54, 1.807) is 18.2 Å². The van der Waals surface area contributed by atoms with Crippen LogP contribution in [0.4, 0.5) is 5.69 Å². The van der Waals surface area contributed by atoms with Crippen molar-refractivity contribution in [2.75, 3.05) is 19.0 Å². The van der Waals surface area contributed by atoms with Gasteiger partial charge in [0.15, 0.2) is 6.61 Å². The highest BCUT2D eigenvalue weighted by atomic mass is 35.5. The summed E-state index contributed by atoms with van der Waals surface area (Å²) in [5.74, 6) is -0.717. The van der Waals surface area contributed by atoms with Gasteiger partial charge in [-0.25, -0.2) is 0 Å². The molecule has 0 aliphatic carbocycles. The Kier molecular flexibility index (Phi) is 7.67. The van der Waals surface area contributed by atoms with E-state index in [1.165, 1.54) is 7.11 Å². The minimum absolute atomic E-state index is 0.0935. The van der Waals surface area contributed by atoms with E-state index in [0.717, 1.165) is 12.0 Å². The number of halogens is 1. The third-order valence-electron chi connectivity index (χ3n) is 4.41. The van der Waals surface area contributed by atoms with E-state index >= 15 is 0 Å². The van der Waals surface area contributed by atoms with Crippen molar-refractivity contribution >= 4 is 29.2 Å². The van der Waals surface area contributed by atoms with Crippen LogP contribution in [0.25, 0.3) is 0 Å². The third-order valence-corrected chi connectivity index (χ3v) is 4.64. The summed E-state index contributed by atoms with van der Waals surface area (Å²) in [7, 11) is 1.50. The van der Waals surface area contributed by atoms with E-state index < -0.39 is 17.8 Å². The Bertz CT molecular complexity index is 779. The topological polar surface area (TPSA) is 64.6 Å². The maximum atomic E-state index is 12.6. The lowest BCUT2D eigenvalue weighted by atomic mass is 9.86. The summed E-state index contributed by atoms with van der Waals surface area (Å²) < 4.78 is 10.5. The molecule has 0 aliphatic rings. The molecule has 27 heavy (non-hydrogen) atoms. The van der Waals surface area contributed by atoms with E-state index in [9.17, 15) is 9.59 Å². The third kappa shape index (κ3) is 5.73. The van der Waals surface area contributed by atoms with Crippen LogP contribution in [-0.2, 0) is 14.3 Å². The zero-order valence-electron chi connectivity index (χ0n) is 15.7. The number of hydrogen-bond acceptors (Lipinski definition) is 4. The number of benzene rings is 2. The maximum Gasteiger partial charge on any atom is 0.314 e. The van der Waals surface area contributed by atoms with Gasteiger partial charge in [0, 0.05) is 5.02 Å². The fourth-order valence-corrected chi connectivity index (χ4v) is 2.96. The molecule has 2 aromatic rings. The Morgan fingerprint density at radius 3 is 2.48 bits per heavy atom. The molecule has 0 unspecified atom stereocenters. The van der Waals surface area contributed by atoms with Crippen LogP contribution in [0, 0.1) is 5.92 Å². The molecule has 0 bridgehead atoms. The zero-order chi connectivity index (χ0) is 19.8. The molecule has 0 heterocycles. The molecule has 2 atom stereocenters. The number of methoxy groups -OCH3 is 1. The second-order valence-electron chi connectivity index (χ2n) is 6.27. The molecule has 0 saturated carbocycles. The van der Waals surface area contributed by atoms with E-state index in [2.05, 4.69) is 5.32 Å². The fourth-order valence-electron chi connectivity index (χ4n) is 2.78. The SMILES string of the molecule is CC[C@@H](C)[C@@H](C(=O)OCC(=O)Nc1cc(Cl)ccc1OC)c1ccccc1. The first-order valence-electron chi connectivity index (χ1n) is 8.81. The van der Waals surface area contributed by atoms with E-state index in [-0.39, 0.29) is 12.5 Å². The van der Waals surface area contributed by atoms with Crippen molar-refractivity contribution in [2.45, 2.75) is 26.2 Å². The van der Waals surface area contributed by atoms with Gasteiger partial charge in [0.05, 0.1) is 18.7 Å². The van der Waals surface area contributed by atoms with Crippen LogP contribution in [0.5, 0.6) is 5.75 Å². The molecular weight excluding hydrogens is 366 g/mol. The number of carbonyl (C=O) groups excluding carboxylic acids is 2.